The van der Waals surface area contributed by atoms with Crippen molar-refractivity contribution in [2.24, 2.45) is 0 Å². The number of aliphatic carboxylic acids is 1. The average Bonchev–Trinajstić information content (AvgIpc) is 2.10. The van der Waals surface area contributed by atoms with Crippen LogP contribution in [-0.4, -0.2) is 24.2 Å². The highest BCUT2D eigenvalue weighted by Gasteiger charge is 2.33. The second-order valence-corrected chi connectivity index (χ2v) is 2.80. The van der Waals surface area contributed by atoms with Crippen molar-refractivity contribution in [1.82, 2.24) is 0 Å². The van der Waals surface area contributed by atoms with Crippen molar-refractivity contribution in [2.45, 2.75) is 13.8 Å². The van der Waals surface area contributed by atoms with Gasteiger partial charge in [-0.2, -0.15) is 0 Å². The van der Waals surface area contributed by atoms with Crippen LogP contribution in [0.2, 0.25) is 0 Å². The van der Waals surface area contributed by atoms with Gasteiger partial charge in [0.25, 0.3) is 0 Å². The fourth-order valence-corrected chi connectivity index (χ4v) is 1.31. The van der Waals surface area contributed by atoms with E-state index in [1.54, 1.807) is 13.8 Å². The molecule has 0 bridgehead atoms. The summed E-state index contributed by atoms with van der Waals surface area (Å²) in [6.45, 7) is 3.37. The van der Waals surface area contributed by atoms with Gasteiger partial charge in [-0.25, -0.2) is 9.59 Å². The summed E-state index contributed by atoms with van der Waals surface area (Å²) in [4.78, 5) is 21.8. The van der Waals surface area contributed by atoms with Gasteiger partial charge in [0.1, 0.15) is 0 Å². The summed E-state index contributed by atoms with van der Waals surface area (Å²) in [5.41, 5.74) is 1.61. The van der Waals surface area contributed by atoms with E-state index in [1.807, 2.05) is 0 Å². The zero-order chi connectivity index (χ0) is 10.2. The van der Waals surface area contributed by atoms with Crippen molar-refractivity contribution in [3.8, 4) is 0 Å². The molecule has 13 heavy (non-hydrogen) atoms. The molecule has 0 atom stereocenters. The Morgan fingerprint density at radius 1 is 1.15 bits per heavy atom. The molecule has 0 heterocycles. The number of carbonyl (C=O) groups is 2. The Hall–Kier alpha value is -1.58. The summed E-state index contributed by atoms with van der Waals surface area (Å²) in [5.74, 6) is -1.66. The molecule has 0 unspecified atom stereocenters. The Morgan fingerprint density at radius 2 is 1.62 bits per heavy atom. The molecule has 1 aliphatic carbocycles. The highest BCUT2D eigenvalue weighted by Crippen LogP contribution is 2.35. The van der Waals surface area contributed by atoms with Crippen LogP contribution >= 0.6 is 0 Å². The van der Waals surface area contributed by atoms with E-state index in [0.29, 0.717) is 11.1 Å². The SMILES string of the molecule is COC(=O)C1=C(C(=O)O)C(C)=C1C. The molecule has 0 aliphatic heterocycles. The Bertz CT molecular complexity index is 347. The predicted octanol–water partition coefficient (Wildman–Crippen LogP) is 0.891. The fraction of sp³-hybridized carbons (Fsp3) is 0.333. The van der Waals surface area contributed by atoms with Crippen molar-refractivity contribution < 1.29 is 19.4 Å². The van der Waals surface area contributed by atoms with Crippen LogP contribution in [-0.2, 0) is 14.3 Å². The van der Waals surface area contributed by atoms with E-state index in [4.69, 9.17) is 5.11 Å². The quantitative estimate of drug-likeness (QED) is 0.644. The molecule has 0 fully saturated rings. The van der Waals surface area contributed by atoms with Gasteiger partial charge < -0.3 is 9.84 Å². The number of esters is 1. The standard InChI is InChI=1S/C9H10O4/c1-4-5(2)7(9(12)13-3)6(4)8(10)11/h1-3H3,(H,10,11). The summed E-state index contributed by atoms with van der Waals surface area (Å²) < 4.78 is 4.46. The van der Waals surface area contributed by atoms with Crippen LogP contribution in [0.4, 0.5) is 0 Å². The molecule has 0 spiro atoms. The minimum absolute atomic E-state index is 0.0735. The number of rotatable bonds is 2. The molecule has 1 N–H and O–H groups in total. The highest BCUT2D eigenvalue weighted by atomic mass is 16.5. The molecule has 0 aromatic carbocycles. The molecular formula is C9H10O4. The third-order valence-electron chi connectivity index (χ3n) is 2.17. The first-order valence-corrected chi connectivity index (χ1v) is 3.74. The smallest absolute Gasteiger partial charge is 0.339 e. The number of carboxylic acid groups (broad SMARTS) is 1. The third-order valence-corrected chi connectivity index (χ3v) is 2.17. The Balaban J connectivity index is 3.07. The first-order valence-electron chi connectivity index (χ1n) is 3.74. The van der Waals surface area contributed by atoms with E-state index in [0.717, 1.165) is 0 Å². The maximum atomic E-state index is 11.1. The van der Waals surface area contributed by atoms with Crippen LogP contribution in [0.5, 0.6) is 0 Å². The van der Waals surface area contributed by atoms with Gasteiger partial charge >= 0.3 is 11.9 Å². The topological polar surface area (TPSA) is 63.6 Å². The fourth-order valence-electron chi connectivity index (χ4n) is 1.31. The van der Waals surface area contributed by atoms with E-state index < -0.39 is 11.9 Å². The van der Waals surface area contributed by atoms with Crippen molar-refractivity contribution in [3.63, 3.8) is 0 Å². The second kappa shape index (κ2) is 3.05. The van der Waals surface area contributed by atoms with Crippen LogP contribution in [0.1, 0.15) is 13.8 Å². The van der Waals surface area contributed by atoms with Gasteiger partial charge in [-0.3, -0.25) is 0 Å². The summed E-state index contributed by atoms with van der Waals surface area (Å²) in [7, 11) is 1.23. The predicted molar refractivity (Wildman–Crippen MR) is 45.1 cm³/mol. The largest absolute Gasteiger partial charge is 0.478 e. The average molecular weight is 182 g/mol. The summed E-state index contributed by atoms with van der Waals surface area (Å²) in [5, 5.41) is 8.74. The van der Waals surface area contributed by atoms with Crippen LogP contribution in [0.25, 0.3) is 0 Å². The Labute approximate surface area is 75.5 Å². The van der Waals surface area contributed by atoms with Crippen LogP contribution in [0, 0.1) is 0 Å². The normalized spacial score (nSPS) is 15.6. The number of hydrogen-bond acceptors (Lipinski definition) is 3. The molecule has 0 aromatic heterocycles. The molecular weight excluding hydrogens is 172 g/mol. The van der Waals surface area contributed by atoms with Gasteiger partial charge in [0, 0.05) is 0 Å². The third kappa shape index (κ3) is 1.24. The summed E-state index contributed by atoms with van der Waals surface area (Å²) in [6, 6.07) is 0. The highest BCUT2D eigenvalue weighted by molar-refractivity contribution is 6.10. The summed E-state index contributed by atoms with van der Waals surface area (Å²) in [6.07, 6.45) is 0. The lowest BCUT2D eigenvalue weighted by molar-refractivity contribution is -0.138. The molecule has 0 amide bonds. The first kappa shape index (κ1) is 9.51. The number of methoxy groups -OCH3 is 1. The second-order valence-electron chi connectivity index (χ2n) is 2.80. The molecule has 0 aromatic rings. The van der Waals surface area contributed by atoms with Gasteiger partial charge in [-0.15, -0.1) is 0 Å². The zero-order valence-electron chi connectivity index (χ0n) is 7.67. The molecule has 70 valence electrons. The van der Waals surface area contributed by atoms with Crippen molar-refractivity contribution in [3.05, 3.63) is 22.3 Å². The van der Waals surface area contributed by atoms with Gasteiger partial charge in [0.15, 0.2) is 0 Å². The maximum absolute atomic E-state index is 11.1. The van der Waals surface area contributed by atoms with Crippen molar-refractivity contribution in [2.75, 3.05) is 7.11 Å². The lowest BCUT2D eigenvalue weighted by Gasteiger charge is -2.22. The van der Waals surface area contributed by atoms with E-state index in [-0.39, 0.29) is 11.1 Å². The monoisotopic (exact) mass is 182 g/mol. The maximum Gasteiger partial charge on any atom is 0.339 e. The van der Waals surface area contributed by atoms with E-state index >= 15 is 0 Å². The van der Waals surface area contributed by atoms with Gasteiger partial charge in [0.05, 0.1) is 18.3 Å². The Kier molecular flexibility index (Phi) is 2.23. The molecule has 4 nitrogen and oxygen atoms in total. The molecule has 0 radical (unpaired) electrons. The van der Waals surface area contributed by atoms with Crippen LogP contribution in [0.15, 0.2) is 22.3 Å². The minimum Gasteiger partial charge on any atom is -0.478 e. The van der Waals surface area contributed by atoms with E-state index in [1.165, 1.54) is 7.11 Å². The van der Waals surface area contributed by atoms with Gasteiger partial charge in [0.2, 0.25) is 0 Å². The van der Waals surface area contributed by atoms with Crippen LogP contribution < -0.4 is 0 Å². The lowest BCUT2D eigenvalue weighted by atomic mass is 9.82. The molecule has 0 saturated carbocycles. The zero-order valence-corrected chi connectivity index (χ0v) is 7.67. The lowest BCUT2D eigenvalue weighted by Crippen LogP contribution is -2.22. The van der Waals surface area contributed by atoms with Crippen molar-refractivity contribution in [1.29, 1.82) is 0 Å². The number of carbonyl (C=O) groups excluding carboxylic acids is 1. The number of hydrogen-bond donors (Lipinski definition) is 1. The molecule has 4 heteroatoms. The van der Waals surface area contributed by atoms with Crippen LogP contribution in [0.3, 0.4) is 0 Å². The number of ether oxygens (including phenoxy) is 1. The Morgan fingerprint density at radius 3 is 2.00 bits per heavy atom. The van der Waals surface area contributed by atoms with Gasteiger partial charge in [-0.1, -0.05) is 0 Å². The molecule has 1 aliphatic rings. The molecule has 1 rings (SSSR count). The number of carboxylic acids is 1. The minimum atomic E-state index is -1.08. The van der Waals surface area contributed by atoms with E-state index in [2.05, 4.69) is 4.74 Å². The molecule has 0 saturated heterocycles. The van der Waals surface area contributed by atoms with Crippen molar-refractivity contribution >= 4 is 11.9 Å². The van der Waals surface area contributed by atoms with Gasteiger partial charge in [-0.05, 0) is 25.0 Å². The van der Waals surface area contributed by atoms with E-state index in [9.17, 15) is 9.59 Å². The summed E-state index contributed by atoms with van der Waals surface area (Å²) >= 11 is 0. The first-order chi connectivity index (χ1) is 6.00.